The first-order chi connectivity index (χ1) is 2.27. The van der Waals surface area contributed by atoms with Gasteiger partial charge >= 0.3 is 29.1 Å². The van der Waals surface area contributed by atoms with Gasteiger partial charge in [0.2, 0.25) is 0 Å². The highest BCUT2D eigenvalue weighted by Gasteiger charge is 1.77. The van der Waals surface area contributed by atoms with Crippen LogP contribution in [0.3, 0.4) is 0 Å². The Kier molecular flexibility index (Phi) is 7.80. The molecule has 0 saturated heterocycles. The molecular weight excluding hydrogens is 96.3 g/mol. The molecule has 0 aliphatic rings. The van der Waals surface area contributed by atoms with Gasteiger partial charge in [-0.1, -0.05) is 0 Å². The highest BCUT2D eigenvalue weighted by atomic mass is 24.3. The number of hydrazine groups is 1. The van der Waals surface area contributed by atoms with Crippen LogP contribution in [-0.2, 0) is 0 Å². The number of carbonyl (C=O) groups is 1. The first-order valence-corrected chi connectivity index (χ1v) is 0.966. The molecule has 4 N–H and O–H groups in total. The molecule has 0 radical (unpaired) electrons. The summed E-state index contributed by atoms with van der Waals surface area (Å²) in [5.41, 5.74) is 1.44. The van der Waals surface area contributed by atoms with Gasteiger partial charge in [-0.2, -0.15) is 0 Å². The second kappa shape index (κ2) is 5.00. The van der Waals surface area contributed by atoms with Gasteiger partial charge in [0.25, 0.3) is 0 Å². The Morgan fingerprint density at radius 2 is 2.00 bits per heavy atom. The maximum Gasteiger partial charge on any atom is 0.418 e. The number of nitrogens with one attached hydrogen (secondary N) is 1. The van der Waals surface area contributed by atoms with Crippen molar-refractivity contribution < 1.29 is 9.90 Å². The first kappa shape index (κ1) is 9.37. The molecule has 6 heavy (non-hydrogen) atoms. The molecule has 4 nitrogen and oxygen atoms in total. The van der Waals surface area contributed by atoms with E-state index in [9.17, 15) is 0 Å². The van der Waals surface area contributed by atoms with Crippen molar-refractivity contribution in [2.45, 2.75) is 0 Å². The number of hydrogen-bond donors (Lipinski definition) is 3. The van der Waals surface area contributed by atoms with E-state index in [1.54, 1.807) is 0 Å². The Morgan fingerprint density at radius 3 is 2.00 bits per heavy atom. The van der Waals surface area contributed by atoms with Crippen molar-refractivity contribution in [2.75, 3.05) is 0 Å². The number of hydrogen-bond acceptors (Lipinski definition) is 2. The maximum absolute atomic E-state index is 9.13. The van der Waals surface area contributed by atoms with Crippen LogP contribution >= 0.6 is 0 Å². The number of nitrogens with two attached hydrogens (primary N) is 1. The van der Waals surface area contributed by atoms with E-state index in [0.29, 0.717) is 0 Å². The topological polar surface area (TPSA) is 75.3 Å². The molecule has 0 aromatic heterocycles. The van der Waals surface area contributed by atoms with Gasteiger partial charge in [-0.05, 0) is 0 Å². The average Bonchev–Trinajstić information content (AvgIpc) is 1.38. The standard InChI is InChI=1S/CH4N2O2.Mg.2H/c2-3-1(4)5;;;/h3H,2H2,(H,4,5);;;. The van der Waals surface area contributed by atoms with Crippen molar-refractivity contribution in [1.82, 2.24) is 5.43 Å². The molecule has 0 spiro atoms. The van der Waals surface area contributed by atoms with Crippen LogP contribution in [-0.4, -0.2) is 34.3 Å². The lowest BCUT2D eigenvalue weighted by Gasteiger charge is -1.79. The summed E-state index contributed by atoms with van der Waals surface area (Å²) in [6.07, 6.45) is -1.22. The van der Waals surface area contributed by atoms with E-state index in [2.05, 4.69) is 5.84 Å². The average molecular weight is 102 g/mol. The smallest absolute Gasteiger partial charge is 0.418 e. The van der Waals surface area contributed by atoms with Gasteiger partial charge in [0.1, 0.15) is 0 Å². The van der Waals surface area contributed by atoms with E-state index in [1.807, 2.05) is 0 Å². The lowest BCUT2D eigenvalue weighted by atomic mass is 11.3. The molecule has 0 aliphatic heterocycles. The van der Waals surface area contributed by atoms with Crippen molar-refractivity contribution in [3.05, 3.63) is 0 Å². The molecule has 0 unspecified atom stereocenters. The van der Waals surface area contributed by atoms with Crippen LogP contribution in [0.5, 0.6) is 0 Å². The highest BCUT2D eigenvalue weighted by Crippen LogP contribution is 1.42. The van der Waals surface area contributed by atoms with Crippen LogP contribution in [0.4, 0.5) is 4.79 Å². The van der Waals surface area contributed by atoms with Gasteiger partial charge in [0.05, 0.1) is 0 Å². The largest absolute Gasteiger partial charge is 0.464 e. The van der Waals surface area contributed by atoms with Crippen LogP contribution in [0.25, 0.3) is 0 Å². The monoisotopic (exact) mass is 102 g/mol. The van der Waals surface area contributed by atoms with Crippen LogP contribution in [0.15, 0.2) is 0 Å². The SMILES string of the molecule is NNC(=O)O.[MgH2]. The molecule has 0 aromatic carbocycles. The zero-order valence-corrected chi connectivity index (χ0v) is 2.43. The van der Waals surface area contributed by atoms with Gasteiger partial charge in [-0.15, -0.1) is 0 Å². The molecule has 0 fully saturated rings. The normalized spacial score (nSPS) is 5.50. The Morgan fingerprint density at radius 1 is 1.83 bits per heavy atom. The lowest BCUT2D eigenvalue weighted by Crippen LogP contribution is -2.27. The third kappa shape index (κ3) is 9.00. The Labute approximate surface area is 50.8 Å². The van der Waals surface area contributed by atoms with E-state index in [4.69, 9.17) is 9.90 Å². The second-order valence-electron chi connectivity index (χ2n) is 0.449. The minimum atomic E-state index is -1.22. The van der Waals surface area contributed by atoms with E-state index in [0.717, 1.165) is 0 Å². The highest BCUT2D eigenvalue weighted by molar-refractivity contribution is 5.75. The summed E-state index contributed by atoms with van der Waals surface area (Å²) in [6, 6.07) is 0. The van der Waals surface area contributed by atoms with Crippen LogP contribution in [0.2, 0.25) is 0 Å². The van der Waals surface area contributed by atoms with Crippen molar-refractivity contribution in [1.29, 1.82) is 0 Å². The van der Waals surface area contributed by atoms with E-state index >= 15 is 0 Å². The van der Waals surface area contributed by atoms with E-state index in [-0.39, 0.29) is 23.1 Å². The summed E-state index contributed by atoms with van der Waals surface area (Å²) in [6.45, 7) is 0. The molecule has 0 aliphatic carbocycles. The molecular formula is CH6MgN2O2. The van der Waals surface area contributed by atoms with Crippen LogP contribution in [0.1, 0.15) is 0 Å². The molecule has 1 amide bonds. The van der Waals surface area contributed by atoms with Gasteiger partial charge in [-0.25, -0.2) is 10.6 Å². The van der Waals surface area contributed by atoms with E-state index < -0.39 is 6.09 Å². The van der Waals surface area contributed by atoms with Crippen LogP contribution in [0, 0.1) is 0 Å². The Hall–Kier alpha value is -0.00377. The number of carboxylic acid groups (broad SMARTS) is 1. The fourth-order valence-corrected chi connectivity index (χ4v) is 0. The Balaban J connectivity index is 0. The Bertz CT molecular complexity index is 46.8. The molecule has 0 bridgehead atoms. The minimum Gasteiger partial charge on any atom is -0.464 e. The lowest BCUT2D eigenvalue weighted by molar-refractivity contribution is 0.194. The summed E-state index contributed by atoms with van der Waals surface area (Å²) < 4.78 is 0. The summed E-state index contributed by atoms with van der Waals surface area (Å²) in [5, 5.41) is 7.49. The van der Waals surface area contributed by atoms with Crippen molar-refractivity contribution in [3.8, 4) is 0 Å². The molecule has 0 rings (SSSR count). The summed E-state index contributed by atoms with van der Waals surface area (Å²) in [4.78, 5) is 9.13. The van der Waals surface area contributed by atoms with Crippen molar-refractivity contribution in [3.63, 3.8) is 0 Å². The van der Waals surface area contributed by atoms with Gasteiger partial charge in [-0.3, -0.25) is 5.43 Å². The zero-order valence-electron chi connectivity index (χ0n) is 2.43. The number of amides is 1. The molecule has 0 heterocycles. The fourth-order valence-electron chi connectivity index (χ4n) is 0. The van der Waals surface area contributed by atoms with Crippen molar-refractivity contribution >= 4 is 29.1 Å². The van der Waals surface area contributed by atoms with Crippen molar-refractivity contribution in [2.24, 2.45) is 5.84 Å². The molecule has 0 atom stereocenters. The fraction of sp³-hybridized carbons (Fsp3) is 0. The maximum atomic E-state index is 9.13. The second-order valence-corrected chi connectivity index (χ2v) is 0.449. The first-order valence-electron chi connectivity index (χ1n) is 0.966. The molecule has 0 aromatic rings. The van der Waals surface area contributed by atoms with E-state index in [1.165, 1.54) is 5.43 Å². The predicted octanol–water partition coefficient (Wildman–Crippen LogP) is -1.79. The van der Waals surface area contributed by atoms with Crippen LogP contribution < -0.4 is 11.3 Å². The quantitative estimate of drug-likeness (QED) is 0.146. The van der Waals surface area contributed by atoms with Gasteiger partial charge in [0, 0.05) is 0 Å². The van der Waals surface area contributed by atoms with Gasteiger partial charge < -0.3 is 5.11 Å². The number of rotatable bonds is 0. The molecule has 0 saturated carbocycles. The molecule has 34 valence electrons. The van der Waals surface area contributed by atoms with Gasteiger partial charge in [0.15, 0.2) is 0 Å². The zero-order chi connectivity index (χ0) is 4.28. The summed E-state index contributed by atoms with van der Waals surface area (Å²) in [7, 11) is 0. The third-order valence-electron chi connectivity index (χ3n) is 0.123. The predicted molar refractivity (Wildman–Crippen MR) is 23.9 cm³/mol. The molecule has 5 heteroatoms. The summed E-state index contributed by atoms with van der Waals surface area (Å²) in [5.74, 6) is 4.32. The minimum absolute atomic E-state index is 0. The third-order valence-corrected chi connectivity index (χ3v) is 0.123. The summed E-state index contributed by atoms with van der Waals surface area (Å²) >= 11 is 0.